The number of hydrogen-bond donors (Lipinski definition) is 0. The summed E-state index contributed by atoms with van der Waals surface area (Å²) in [5.74, 6) is 2.80. The average molecular weight is 339 g/mol. The van der Waals surface area contributed by atoms with Crippen molar-refractivity contribution in [3.05, 3.63) is 59.3 Å². The monoisotopic (exact) mass is 339 g/mol. The molecular weight excluding hydrogens is 318 g/mol. The molecule has 3 aromatic rings. The molecule has 0 radical (unpaired) electrons. The van der Waals surface area contributed by atoms with Crippen molar-refractivity contribution in [3.63, 3.8) is 0 Å². The molecule has 1 fully saturated rings. The molecule has 0 unspecified atom stereocenters. The van der Waals surface area contributed by atoms with Gasteiger partial charge in [0, 0.05) is 6.42 Å². The lowest BCUT2D eigenvalue weighted by molar-refractivity contribution is 0.225. The van der Waals surface area contributed by atoms with Crippen LogP contribution in [0.25, 0.3) is 0 Å². The van der Waals surface area contributed by atoms with Crippen LogP contribution in [0.5, 0.6) is 0 Å². The maximum absolute atomic E-state index is 5.40. The Labute approximate surface area is 146 Å². The number of aromatic nitrogens is 4. The molecule has 7 nitrogen and oxygen atoms in total. The number of hydrogen-bond acceptors (Lipinski definition) is 7. The van der Waals surface area contributed by atoms with Gasteiger partial charge in [0.15, 0.2) is 11.6 Å². The van der Waals surface area contributed by atoms with Gasteiger partial charge in [0.1, 0.15) is 0 Å². The minimum absolute atomic E-state index is 0.167. The maximum atomic E-state index is 5.40. The third-order valence-electron chi connectivity index (χ3n) is 4.50. The van der Waals surface area contributed by atoms with Gasteiger partial charge in [-0.1, -0.05) is 47.6 Å². The molecule has 0 spiro atoms. The van der Waals surface area contributed by atoms with Crippen LogP contribution in [-0.4, -0.2) is 31.7 Å². The summed E-state index contributed by atoms with van der Waals surface area (Å²) < 4.78 is 10.7. The molecule has 1 aromatic carbocycles. The topological polar surface area (TPSA) is 81.1 Å². The Morgan fingerprint density at radius 1 is 1.08 bits per heavy atom. The van der Waals surface area contributed by atoms with Crippen LogP contribution in [0.1, 0.15) is 54.8 Å². The molecule has 25 heavy (non-hydrogen) atoms. The summed E-state index contributed by atoms with van der Waals surface area (Å²) in [6, 6.07) is 10.3. The van der Waals surface area contributed by atoms with Crippen LogP contribution in [0.2, 0.25) is 0 Å². The molecule has 130 valence electrons. The number of aryl methyl sites for hydroxylation is 1. The minimum atomic E-state index is 0.167. The van der Waals surface area contributed by atoms with Crippen molar-refractivity contribution >= 4 is 0 Å². The lowest BCUT2D eigenvalue weighted by Gasteiger charge is -2.19. The van der Waals surface area contributed by atoms with E-state index in [1.54, 1.807) is 0 Å². The molecule has 1 saturated heterocycles. The van der Waals surface area contributed by atoms with Gasteiger partial charge in [-0.15, -0.1) is 0 Å². The predicted octanol–water partition coefficient (Wildman–Crippen LogP) is 2.94. The number of benzene rings is 1. The Morgan fingerprint density at radius 2 is 1.92 bits per heavy atom. The summed E-state index contributed by atoms with van der Waals surface area (Å²) in [4.78, 5) is 11.3. The second kappa shape index (κ2) is 7.14. The third-order valence-corrected chi connectivity index (χ3v) is 4.50. The van der Waals surface area contributed by atoms with E-state index < -0.39 is 0 Å². The van der Waals surface area contributed by atoms with Crippen molar-refractivity contribution in [1.29, 1.82) is 0 Å². The van der Waals surface area contributed by atoms with E-state index in [1.807, 2.05) is 25.1 Å². The summed E-state index contributed by atoms with van der Waals surface area (Å²) in [5.41, 5.74) is 1.16. The van der Waals surface area contributed by atoms with E-state index in [9.17, 15) is 0 Å². The van der Waals surface area contributed by atoms with Crippen LogP contribution in [0.3, 0.4) is 0 Å². The fourth-order valence-corrected chi connectivity index (χ4v) is 3.23. The van der Waals surface area contributed by atoms with E-state index in [1.165, 1.54) is 0 Å². The first-order chi connectivity index (χ1) is 12.3. The predicted molar refractivity (Wildman–Crippen MR) is 89.6 cm³/mol. The van der Waals surface area contributed by atoms with Crippen molar-refractivity contribution in [2.45, 2.75) is 45.2 Å². The molecule has 0 bridgehead atoms. The molecule has 3 heterocycles. The van der Waals surface area contributed by atoms with Crippen molar-refractivity contribution in [1.82, 2.24) is 25.2 Å². The SMILES string of the molecule is CCc1nc([C@H]2CCCN2Cc2noc(Cc3ccccc3)n2)no1. The van der Waals surface area contributed by atoms with Gasteiger partial charge < -0.3 is 9.05 Å². The molecule has 2 aromatic heterocycles. The Balaban J connectivity index is 1.43. The number of rotatable bonds is 6. The highest BCUT2D eigenvalue weighted by Gasteiger charge is 2.30. The van der Waals surface area contributed by atoms with Crippen LogP contribution in [0.4, 0.5) is 0 Å². The van der Waals surface area contributed by atoms with Crippen molar-refractivity contribution < 1.29 is 9.05 Å². The first kappa shape index (κ1) is 16.0. The van der Waals surface area contributed by atoms with Crippen molar-refractivity contribution in [2.24, 2.45) is 0 Å². The fraction of sp³-hybridized carbons (Fsp3) is 0.444. The van der Waals surface area contributed by atoms with Crippen molar-refractivity contribution in [2.75, 3.05) is 6.54 Å². The highest BCUT2D eigenvalue weighted by molar-refractivity contribution is 5.18. The smallest absolute Gasteiger partial charge is 0.231 e. The van der Waals surface area contributed by atoms with Crippen LogP contribution in [0, 0.1) is 0 Å². The zero-order valence-corrected chi connectivity index (χ0v) is 14.3. The van der Waals surface area contributed by atoms with E-state index in [4.69, 9.17) is 9.05 Å². The lowest BCUT2D eigenvalue weighted by atomic mass is 10.1. The molecule has 1 aliphatic rings. The van der Waals surface area contributed by atoms with Gasteiger partial charge in [0.2, 0.25) is 11.8 Å². The van der Waals surface area contributed by atoms with Gasteiger partial charge in [0.25, 0.3) is 0 Å². The highest BCUT2D eigenvalue weighted by atomic mass is 16.5. The van der Waals surface area contributed by atoms with E-state index in [0.29, 0.717) is 30.6 Å². The zero-order chi connectivity index (χ0) is 17.1. The Kier molecular flexibility index (Phi) is 4.56. The third kappa shape index (κ3) is 3.61. The molecule has 1 aliphatic heterocycles. The van der Waals surface area contributed by atoms with Crippen LogP contribution in [0.15, 0.2) is 39.4 Å². The van der Waals surface area contributed by atoms with Crippen molar-refractivity contribution in [3.8, 4) is 0 Å². The Bertz CT molecular complexity index is 814. The van der Waals surface area contributed by atoms with E-state index in [0.717, 1.165) is 37.2 Å². The Morgan fingerprint density at radius 3 is 2.72 bits per heavy atom. The quantitative estimate of drug-likeness (QED) is 0.683. The molecule has 0 amide bonds. The van der Waals surface area contributed by atoms with Crippen LogP contribution >= 0.6 is 0 Å². The summed E-state index contributed by atoms with van der Waals surface area (Å²) in [7, 11) is 0. The van der Waals surface area contributed by atoms with Crippen LogP contribution < -0.4 is 0 Å². The Hall–Kier alpha value is -2.54. The summed E-state index contributed by atoms with van der Waals surface area (Å²) in [6.45, 7) is 3.62. The highest BCUT2D eigenvalue weighted by Crippen LogP contribution is 2.31. The molecule has 1 atom stereocenters. The summed E-state index contributed by atoms with van der Waals surface area (Å²) in [6.07, 6.45) is 3.54. The van der Waals surface area contributed by atoms with E-state index >= 15 is 0 Å². The molecular formula is C18H21N5O2. The first-order valence-corrected chi connectivity index (χ1v) is 8.73. The number of likely N-dealkylation sites (tertiary alicyclic amines) is 1. The second-order valence-corrected chi connectivity index (χ2v) is 6.30. The van der Waals surface area contributed by atoms with Gasteiger partial charge in [-0.25, -0.2) is 0 Å². The van der Waals surface area contributed by atoms with Gasteiger partial charge in [-0.05, 0) is 24.9 Å². The molecule has 0 N–H and O–H groups in total. The molecule has 7 heteroatoms. The molecule has 4 rings (SSSR count). The largest absolute Gasteiger partial charge is 0.339 e. The normalized spacial score (nSPS) is 18.0. The van der Waals surface area contributed by atoms with Crippen LogP contribution in [-0.2, 0) is 19.4 Å². The van der Waals surface area contributed by atoms with Gasteiger partial charge >= 0.3 is 0 Å². The van der Waals surface area contributed by atoms with Gasteiger partial charge in [0.05, 0.1) is 19.0 Å². The zero-order valence-electron chi connectivity index (χ0n) is 14.3. The first-order valence-electron chi connectivity index (χ1n) is 8.73. The summed E-state index contributed by atoms with van der Waals surface area (Å²) in [5, 5.41) is 8.26. The summed E-state index contributed by atoms with van der Waals surface area (Å²) >= 11 is 0. The van der Waals surface area contributed by atoms with E-state index in [2.05, 4.69) is 37.3 Å². The maximum Gasteiger partial charge on any atom is 0.231 e. The minimum Gasteiger partial charge on any atom is -0.339 e. The van der Waals surface area contributed by atoms with Gasteiger partial charge in [-0.2, -0.15) is 9.97 Å². The standard InChI is InChI=1S/C18H21N5O2/c1-2-16-20-18(22-24-16)14-9-6-10-23(14)12-15-19-17(25-21-15)11-13-7-4-3-5-8-13/h3-5,7-8,14H,2,6,9-12H2,1H3/t14-/m1/s1. The lowest BCUT2D eigenvalue weighted by Crippen LogP contribution is -2.24. The number of nitrogens with zero attached hydrogens (tertiary/aromatic N) is 5. The molecule has 0 saturated carbocycles. The van der Waals surface area contributed by atoms with Gasteiger partial charge in [-0.3, -0.25) is 4.90 Å². The molecule has 0 aliphatic carbocycles. The average Bonchev–Trinajstić information content (AvgIpc) is 3.37. The fourth-order valence-electron chi connectivity index (χ4n) is 3.23. The second-order valence-electron chi connectivity index (χ2n) is 6.30. The van der Waals surface area contributed by atoms with E-state index in [-0.39, 0.29) is 6.04 Å².